The molecule has 6 nitrogen and oxygen atoms in total. The number of piperazine rings is 1. The molecule has 2 heterocycles. The van der Waals surface area contributed by atoms with Crippen LogP contribution >= 0.6 is 11.6 Å². The van der Waals surface area contributed by atoms with Crippen LogP contribution in [0.2, 0.25) is 5.02 Å². The van der Waals surface area contributed by atoms with E-state index in [0.29, 0.717) is 37.7 Å². The maximum Gasteiger partial charge on any atom is 0.243 e. The Bertz CT molecular complexity index is 1350. The van der Waals surface area contributed by atoms with Crippen LogP contribution in [-0.2, 0) is 16.6 Å². The number of aromatic nitrogens is 2. The van der Waals surface area contributed by atoms with Gasteiger partial charge in [-0.25, -0.2) is 13.4 Å². The van der Waals surface area contributed by atoms with Gasteiger partial charge in [-0.2, -0.15) is 4.31 Å². The van der Waals surface area contributed by atoms with E-state index >= 15 is 0 Å². The Kier molecular flexibility index (Phi) is 5.63. The third kappa shape index (κ3) is 3.99. The highest BCUT2D eigenvalue weighted by atomic mass is 35.5. The molecule has 0 spiro atoms. The maximum atomic E-state index is 13.1. The third-order valence-corrected chi connectivity index (χ3v) is 7.90. The predicted octanol–water partition coefficient (Wildman–Crippen LogP) is 4.25. The van der Waals surface area contributed by atoms with E-state index in [1.807, 2.05) is 36.4 Å². The molecule has 1 aliphatic heterocycles. The van der Waals surface area contributed by atoms with Crippen LogP contribution in [0.1, 0.15) is 5.56 Å². The van der Waals surface area contributed by atoms with E-state index in [-0.39, 0.29) is 4.90 Å². The van der Waals surface area contributed by atoms with Crippen LogP contribution in [0.4, 0.5) is 5.95 Å². The Balaban J connectivity index is 1.41. The van der Waals surface area contributed by atoms with Gasteiger partial charge in [-0.3, -0.25) is 0 Å². The molecule has 0 amide bonds. The normalized spacial score (nSPS) is 15.3. The van der Waals surface area contributed by atoms with Crippen molar-refractivity contribution in [3.63, 3.8) is 0 Å². The Morgan fingerprint density at radius 3 is 2.31 bits per heavy atom. The van der Waals surface area contributed by atoms with Gasteiger partial charge in [0.05, 0.1) is 22.5 Å². The lowest BCUT2D eigenvalue weighted by molar-refractivity contribution is 0.381. The second-order valence-corrected chi connectivity index (χ2v) is 10.2. The summed E-state index contributed by atoms with van der Waals surface area (Å²) in [6.07, 6.45) is 0. The average molecular weight is 467 g/mol. The molecule has 0 bridgehead atoms. The molecule has 1 aliphatic rings. The van der Waals surface area contributed by atoms with Gasteiger partial charge < -0.3 is 9.47 Å². The molecule has 0 radical (unpaired) electrons. The number of fused-ring (bicyclic) bond motifs is 1. The number of benzene rings is 3. The molecule has 4 aromatic rings. The quantitative estimate of drug-likeness (QED) is 0.441. The van der Waals surface area contributed by atoms with Crippen molar-refractivity contribution in [1.82, 2.24) is 13.9 Å². The monoisotopic (exact) mass is 466 g/mol. The Morgan fingerprint density at radius 2 is 1.56 bits per heavy atom. The van der Waals surface area contributed by atoms with Gasteiger partial charge in [0.15, 0.2) is 0 Å². The lowest BCUT2D eigenvalue weighted by Gasteiger charge is -2.34. The van der Waals surface area contributed by atoms with Gasteiger partial charge >= 0.3 is 0 Å². The van der Waals surface area contributed by atoms with E-state index < -0.39 is 10.0 Å². The van der Waals surface area contributed by atoms with Crippen molar-refractivity contribution < 1.29 is 8.42 Å². The summed E-state index contributed by atoms with van der Waals surface area (Å²) >= 11 is 6.01. The van der Waals surface area contributed by atoms with Crippen LogP contribution in [0.3, 0.4) is 0 Å². The van der Waals surface area contributed by atoms with Crippen molar-refractivity contribution in [1.29, 1.82) is 0 Å². The molecule has 5 rings (SSSR count). The fourth-order valence-corrected chi connectivity index (χ4v) is 5.85. The Labute approximate surface area is 192 Å². The molecule has 0 saturated carbocycles. The zero-order valence-corrected chi connectivity index (χ0v) is 19.0. The van der Waals surface area contributed by atoms with E-state index in [2.05, 4.69) is 27.7 Å². The summed E-state index contributed by atoms with van der Waals surface area (Å²) < 4.78 is 29.9. The molecule has 8 heteroatoms. The minimum atomic E-state index is -3.58. The van der Waals surface area contributed by atoms with Crippen molar-refractivity contribution in [2.45, 2.75) is 11.4 Å². The van der Waals surface area contributed by atoms with Crippen LogP contribution in [0.5, 0.6) is 0 Å². The van der Waals surface area contributed by atoms with Gasteiger partial charge in [0.25, 0.3) is 0 Å². The summed E-state index contributed by atoms with van der Waals surface area (Å²) in [6.45, 7) is 2.63. The molecule has 3 aromatic carbocycles. The van der Waals surface area contributed by atoms with Crippen LogP contribution in [0.15, 0.2) is 83.8 Å². The van der Waals surface area contributed by atoms with Crippen molar-refractivity contribution in [3.8, 4) is 0 Å². The smallest absolute Gasteiger partial charge is 0.243 e. The summed E-state index contributed by atoms with van der Waals surface area (Å²) in [5, 5.41) is 0.416. The first-order valence-electron chi connectivity index (χ1n) is 10.5. The molecular weight excluding hydrogens is 444 g/mol. The van der Waals surface area contributed by atoms with Gasteiger partial charge in [0.2, 0.25) is 16.0 Å². The number of imidazole rings is 1. The highest BCUT2D eigenvalue weighted by molar-refractivity contribution is 7.89. The SMILES string of the molecule is O=S(=O)(c1cccc(Cl)c1)N1CCN(c2nc3ccccc3n2Cc2ccccc2)CC1. The van der Waals surface area contributed by atoms with Gasteiger partial charge in [-0.1, -0.05) is 60.1 Å². The number of hydrogen-bond donors (Lipinski definition) is 0. The minimum absolute atomic E-state index is 0.231. The molecule has 0 aliphatic carbocycles. The first-order chi connectivity index (χ1) is 15.5. The fraction of sp³-hybridized carbons (Fsp3) is 0.208. The summed E-state index contributed by atoms with van der Waals surface area (Å²) in [7, 11) is -3.58. The molecule has 0 unspecified atom stereocenters. The number of rotatable bonds is 5. The first-order valence-corrected chi connectivity index (χ1v) is 12.3. The predicted molar refractivity (Wildman–Crippen MR) is 128 cm³/mol. The lowest BCUT2D eigenvalue weighted by atomic mass is 10.2. The van der Waals surface area contributed by atoms with Gasteiger partial charge in [-0.05, 0) is 35.9 Å². The third-order valence-electron chi connectivity index (χ3n) is 5.77. The van der Waals surface area contributed by atoms with E-state index in [1.165, 1.54) is 15.9 Å². The molecule has 1 fully saturated rings. The molecule has 1 saturated heterocycles. The molecule has 0 atom stereocenters. The number of hydrogen-bond acceptors (Lipinski definition) is 4. The molecule has 164 valence electrons. The van der Waals surface area contributed by atoms with E-state index in [1.54, 1.807) is 18.2 Å². The Morgan fingerprint density at radius 1 is 0.844 bits per heavy atom. The van der Waals surface area contributed by atoms with Crippen LogP contribution in [0.25, 0.3) is 11.0 Å². The standard InChI is InChI=1S/C24H23ClN4O2S/c25-20-9-6-10-21(17-20)32(30,31)28-15-13-27(14-16-28)24-26-22-11-4-5-12-23(22)29(24)18-19-7-2-1-3-8-19/h1-12,17H,13-16,18H2. The summed E-state index contributed by atoms with van der Waals surface area (Å²) in [5.41, 5.74) is 3.20. The first kappa shape index (κ1) is 21.0. The fourth-order valence-electron chi connectivity index (χ4n) is 4.13. The number of anilines is 1. The van der Waals surface area contributed by atoms with Gasteiger partial charge in [0.1, 0.15) is 0 Å². The number of halogens is 1. The molecular formula is C24H23ClN4O2S. The molecule has 32 heavy (non-hydrogen) atoms. The van der Waals surface area contributed by atoms with Crippen LogP contribution in [0, 0.1) is 0 Å². The van der Waals surface area contributed by atoms with E-state index in [0.717, 1.165) is 17.0 Å². The second-order valence-electron chi connectivity index (χ2n) is 7.82. The van der Waals surface area contributed by atoms with Crippen LogP contribution < -0.4 is 4.90 Å². The summed E-state index contributed by atoms with van der Waals surface area (Å²) in [4.78, 5) is 7.30. The van der Waals surface area contributed by atoms with Crippen molar-refractivity contribution in [3.05, 3.63) is 89.4 Å². The van der Waals surface area contributed by atoms with Gasteiger partial charge in [0, 0.05) is 31.2 Å². The topological polar surface area (TPSA) is 58.4 Å². The lowest BCUT2D eigenvalue weighted by Crippen LogP contribution is -2.49. The number of nitrogens with zero attached hydrogens (tertiary/aromatic N) is 4. The highest BCUT2D eigenvalue weighted by Crippen LogP contribution is 2.27. The maximum absolute atomic E-state index is 13.1. The minimum Gasteiger partial charge on any atom is -0.340 e. The van der Waals surface area contributed by atoms with Crippen molar-refractivity contribution in [2.24, 2.45) is 0 Å². The van der Waals surface area contributed by atoms with Crippen molar-refractivity contribution >= 4 is 38.6 Å². The summed E-state index contributed by atoms with van der Waals surface area (Å²) in [5.74, 6) is 0.870. The number of sulfonamides is 1. The molecule has 0 N–H and O–H groups in total. The Hall–Kier alpha value is -2.87. The summed E-state index contributed by atoms with van der Waals surface area (Å²) in [6, 6.07) is 24.8. The van der Waals surface area contributed by atoms with Crippen LogP contribution in [-0.4, -0.2) is 48.5 Å². The second kappa shape index (κ2) is 8.58. The van der Waals surface area contributed by atoms with Crippen molar-refractivity contribution in [2.75, 3.05) is 31.1 Å². The number of para-hydroxylation sites is 2. The molecule has 1 aromatic heterocycles. The van der Waals surface area contributed by atoms with Gasteiger partial charge in [-0.15, -0.1) is 0 Å². The largest absolute Gasteiger partial charge is 0.340 e. The highest BCUT2D eigenvalue weighted by Gasteiger charge is 2.30. The zero-order chi connectivity index (χ0) is 22.1. The average Bonchev–Trinajstić information content (AvgIpc) is 3.18. The van der Waals surface area contributed by atoms with E-state index in [9.17, 15) is 8.42 Å². The van der Waals surface area contributed by atoms with E-state index in [4.69, 9.17) is 16.6 Å². The zero-order valence-electron chi connectivity index (χ0n) is 17.4.